The van der Waals surface area contributed by atoms with Gasteiger partial charge >= 0.3 is 5.97 Å². The summed E-state index contributed by atoms with van der Waals surface area (Å²) in [5.41, 5.74) is 11.9. The van der Waals surface area contributed by atoms with E-state index in [0.717, 1.165) is 30.4 Å². The van der Waals surface area contributed by atoms with Crippen LogP contribution in [0, 0.1) is 0 Å². The normalized spacial score (nSPS) is 21.4. The summed E-state index contributed by atoms with van der Waals surface area (Å²) in [6, 6.07) is 6.79. The Labute approximate surface area is 136 Å². The van der Waals surface area contributed by atoms with Gasteiger partial charge in [-0.15, -0.1) is 0 Å². The fraction of sp³-hybridized carbons (Fsp3) is 0.529. The van der Waals surface area contributed by atoms with E-state index in [0.29, 0.717) is 25.8 Å². The average Bonchev–Trinajstić information content (AvgIpc) is 2.54. The third-order valence-corrected chi connectivity index (χ3v) is 4.56. The fourth-order valence-electron chi connectivity index (χ4n) is 3.36. The van der Waals surface area contributed by atoms with Crippen molar-refractivity contribution >= 4 is 11.9 Å². The quantitative estimate of drug-likeness (QED) is 0.530. The van der Waals surface area contributed by atoms with Gasteiger partial charge in [0.1, 0.15) is 11.6 Å². The number of aliphatic carboxylic acids is 1. The van der Waals surface area contributed by atoms with E-state index in [2.05, 4.69) is 5.32 Å². The van der Waals surface area contributed by atoms with Crippen LogP contribution in [-0.4, -0.2) is 29.6 Å². The second-order valence-corrected chi connectivity index (χ2v) is 6.10. The molecule has 1 aromatic rings. The van der Waals surface area contributed by atoms with Crippen molar-refractivity contribution in [3.8, 4) is 0 Å². The number of carbonyl (C=O) groups is 2. The average molecular weight is 319 g/mol. The molecule has 126 valence electrons. The summed E-state index contributed by atoms with van der Waals surface area (Å²) in [5.74, 6) is -1.49. The molecule has 0 aromatic heterocycles. The minimum absolute atomic E-state index is 0.420. The van der Waals surface area contributed by atoms with Crippen molar-refractivity contribution in [1.29, 1.82) is 0 Å². The topological polar surface area (TPSA) is 118 Å². The van der Waals surface area contributed by atoms with Crippen molar-refractivity contribution in [2.24, 2.45) is 11.5 Å². The summed E-state index contributed by atoms with van der Waals surface area (Å²) in [7, 11) is 0. The van der Waals surface area contributed by atoms with Gasteiger partial charge in [0.15, 0.2) is 0 Å². The van der Waals surface area contributed by atoms with Crippen LogP contribution in [0.15, 0.2) is 24.3 Å². The Bertz CT molecular complexity index is 576. The number of unbranched alkanes of at least 4 members (excludes halogenated alkanes) is 1. The molecule has 6 nitrogen and oxygen atoms in total. The highest BCUT2D eigenvalue weighted by atomic mass is 16.4. The Kier molecular flexibility index (Phi) is 5.74. The van der Waals surface area contributed by atoms with Gasteiger partial charge in [0.25, 0.3) is 0 Å². The fourth-order valence-corrected chi connectivity index (χ4v) is 3.36. The van der Waals surface area contributed by atoms with Crippen molar-refractivity contribution in [3.63, 3.8) is 0 Å². The Morgan fingerprint density at radius 2 is 2.04 bits per heavy atom. The molecule has 2 atom stereocenters. The number of carboxylic acid groups (broad SMARTS) is 1. The zero-order chi connectivity index (χ0) is 16.9. The Balaban J connectivity index is 2.31. The number of primary amides is 1. The van der Waals surface area contributed by atoms with Crippen LogP contribution in [0.3, 0.4) is 0 Å². The third-order valence-electron chi connectivity index (χ3n) is 4.56. The van der Waals surface area contributed by atoms with Crippen LogP contribution in [-0.2, 0) is 21.5 Å². The van der Waals surface area contributed by atoms with Crippen molar-refractivity contribution in [3.05, 3.63) is 35.4 Å². The molecule has 0 aliphatic heterocycles. The number of carbonyl (C=O) groups excluding carboxylic acids is 1. The number of hydrogen-bond donors (Lipinski definition) is 4. The first-order valence-electron chi connectivity index (χ1n) is 8.10. The van der Waals surface area contributed by atoms with Crippen LogP contribution in [0.4, 0.5) is 0 Å². The molecule has 1 aromatic carbocycles. The molecule has 0 spiro atoms. The maximum atomic E-state index is 12.3. The molecule has 1 amide bonds. The molecule has 0 fully saturated rings. The number of aryl methyl sites for hydroxylation is 1. The summed E-state index contributed by atoms with van der Waals surface area (Å²) in [6.07, 6.45) is 4.05. The second kappa shape index (κ2) is 7.57. The molecule has 2 rings (SSSR count). The first-order chi connectivity index (χ1) is 11.0. The zero-order valence-electron chi connectivity index (χ0n) is 13.3. The molecule has 0 saturated carbocycles. The Morgan fingerprint density at radius 3 is 2.70 bits per heavy atom. The largest absolute Gasteiger partial charge is 0.480 e. The molecule has 1 aliphatic rings. The lowest BCUT2D eigenvalue weighted by molar-refractivity contribution is -0.141. The monoisotopic (exact) mass is 319 g/mol. The zero-order valence-corrected chi connectivity index (χ0v) is 13.3. The lowest BCUT2D eigenvalue weighted by Crippen LogP contribution is -2.59. The lowest BCUT2D eigenvalue weighted by atomic mass is 9.75. The summed E-state index contributed by atoms with van der Waals surface area (Å²) in [6.45, 7) is 0.524. The first kappa shape index (κ1) is 17.4. The van der Waals surface area contributed by atoms with Crippen molar-refractivity contribution in [1.82, 2.24) is 5.32 Å². The van der Waals surface area contributed by atoms with Crippen LogP contribution in [0.2, 0.25) is 0 Å². The van der Waals surface area contributed by atoms with E-state index in [-0.39, 0.29) is 0 Å². The Morgan fingerprint density at radius 1 is 1.30 bits per heavy atom. The van der Waals surface area contributed by atoms with E-state index in [1.807, 2.05) is 24.3 Å². The number of fused-ring (bicyclic) bond motifs is 1. The van der Waals surface area contributed by atoms with Gasteiger partial charge in [-0.1, -0.05) is 30.7 Å². The number of amides is 1. The molecule has 1 aliphatic carbocycles. The summed E-state index contributed by atoms with van der Waals surface area (Å²) >= 11 is 0. The molecular weight excluding hydrogens is 294 g/mol. The van der Waals surface area contributed by atoms with Gasteiger partial charge in [0.2, 0.25) is 5.91 Å². The van der Waals surface area contributed by atoms with E-state index < -0.39 is 23.5 Å². The highest BCUT2D eigenvalue weighted by Crippen LogP contribution is 2.36. The van der Waals surface area contributed by atoms with E-state index in [1.54, 1.807) is 0 Å². The minimum atomic E-state index is -1.11. The molecule has 0 heterocycles. The van der Waals surface area contributed by atoms with Gasteiger partial charge in [-0.3, -0.25) is 14.9 Å². The summed E-state index contributed by atoms with van der Waals surface area (Å²) in [5, 5.41) is 12.6. The molecular formula is C17H25N3O3. The maximum Gasteiger partial charge on any atom is 0.320 e. The number of nitrogens with two attached hydrogens (primary N) is 2. The molecule has 23 heavy (non-hydrogen) atoms. The van der Waals surface area contributed by atoms with Gasteiger partial charge in [-0.25, -0.2) is 0 Å². The van der Waals surface area contributed by atoms with Gasteiger partial charge in [0.05, 0.1) is 0 Å². The first-order valence-corrected chi connectivity index (χ1v) is 8.10. The van der Waals surface area contributed by atoms with Crippen molar-refractivity contribution in [2.75, 3.05) is 6.54 Å². The molecule has 0 bridgehead atoms. The van der Waals surface area contributed by atoms with Gasteiger partial charge in [0, 0.05) is 0 Å². The van der Waals surface area contributed by atoms with Gasteiger partial charge < -0.3 is 16.6 Å². The smallest absolute Gasteiger partial charge is 0.320 e. The molecule has 0 radical (unpaired) electrons. The van der Waals surface area contributed by atoms with E-state index >= 15 is 0 Å². The van der Waals surface area contributed by atoms with Gasteiger partial charge in [-0.05, 0) is 49.8 Å². The Hall–Kier alpha value is -1.92. The highest BCUT2D eigenvalue weighted by Gasteiger charge is 2.44. The molecule has 1 unspecified atom stereocenters. The summed E-state index contributed by atoms with van der Waals surface area (Å²) in [4.78, 5) is 23.9. The minimum Gasteiger partial charge on any atom is -0.480 e. The number of carboxylic acids is 1. The van der Waals surface area contributed by atoms with E-state index in [9.17, 15) is 14.7 Å². The SMILES string of the molecule is NCCCC[C@H](NC1(C(N)=O)CCCc2ccccc21)C(=O)O. The number of nitrogens with one attached hydrogen (secondary N) is 1. The van der Waals surface area contributed by atoms with Crippen LogP contribution in [0.25, 0.3) is 0 Å². The standard InChI is InChI=1S/C17H25N3O3/c18-11-4-3-9-14(15(21)22)20-17(16(19)23)10-5-7-12-6-1-2-8-13(12)17/h1-2,6,8,14,20H,3-5,7,9-11,18H2,(H2,19,23)(H,21,22)/t14-,17?/m0/s1. The molecule has 6 heteroatoms. The van der Waals surface area contributed by atoms with Crippen LogP contribution in [0.5, 0.6) is 0 Å². The van der Waals surface area contributed by atoms with E-state index in [1.165, 1.54) is 0 Å². The summed E-state index contributed by atoms with van der Waals surface area (Å²) < 4.78 is 0. The molecule has 0 saturated heterocycles. The second-order valence-electron chi connectivity index (χ2n) is 6.10. The van der Waals surface area contributed by atoms with Crippen LogP contribution < -0.4 is 16.8 Å². The number of rotatable bonds is 8. The van der Waals surface area contributed by atoms with E-state index in [4.69, 9.17) is 11.5 Å². The highest BCUT2D eigenvalue weighted by molar-refractivity contribution is 5.88. The number of hydrogen-bond acceptors (Lipinski definition) is 4. The van der Waals surface area contributed by atoms with Gasteiger partial charge in [-0.2, -0.15) is 0 Å². The maximum absolute atomic E-state index is 12.3. The number of benzene rings is 1. The van der Waals surface area contributed by atoms with Crippen molar-refractivity contribution in [2.45, 2.75) is 50.1 Å². The van der Waals surface area contributed by atoms with Crippen LogP contribution in [0.1, 0.15) is 43.2 Å². The third kappa shape index (κ3) is 3.71. The predicted molar refractivity (Wildman–Crippen MR) is 87.7 cm³/mol. The van der Waals surface area contributed by atoms with Crippen molar-refractivity contribution < 1.29 is 14.7 Å². The lowest BCUT2D eigenvalue weighted by Gasteiger charge is -2.39. The molecule has 6 N–H and O–H groups in total. The predicted octanol–water partition coefficient (Wildman–Crippen LogP) is 0.875. The van der Waals surface area contributed by atoms with Crippen LogP contribution >= 0.6 is 0 Å².